The van der Waals surface area contributed by atoms with Crippen LogP contribution in [-0.2, 0) is 10.2 Å². The molecule has 1 saturated carbocycles. The van der Waals surface area contributed by atoms with Crippen LogP contribution in [0.15, 0.2) is 12.1 Å². The lowest BCUT2D eigenvalue weighted by Crippen LogP contribution is -2.53. The van der Waals surface area contributed by atoms with E-state index in [4.69, 9.17) is 4.74 Å². The molecule has 1 aliphatic carbocycles. The van der Waals surface area contributed by atoms with E-state index in [-0.39, 0.29) is 28.6 Å². The molecule has 2 atom stereocenters. The van der Waals surface area contributed by atoms with Crippen LogP contribution >= 0.6 is 0 Å². The van der Waals surface area contributed by atoms with Crippen molar-refractivity contribution in [2.24, 2.45) is 11.3 Å². The molecule has 22 heavy (non-hydrogen) atoms. The smallest absolute Gasteiger partial charge is 0.315 e. The molecule has 1 heterocycles. The fourth-order valence-electron chi connectivity index (χ4n) is 4.68. The Kier molecular flexibility index (Phi) is 3.32. The molecule has 1 aromatic carbocycles. The summed E-state index contributed by atoms with van der Waals surface area (Å²) in [6.45, 7) is 10.5. The number of ether oxygens (including phenoxy) is 1. The highest BCUT2D eigenvalue weighted by Crippen LogP contribution is 2.57. The molecule has 2 aliphatic rings. The summed E-state index contributed by atoms with van der Waals surface area (Å²) >= 11 is 0. The number of hydrogen-bond acceptors (Lipinski definition) is 3. The largest absolute Gasteiger partial charge is 0.508 e. The van der Waals surface area contributed by atoms with Gasteiger partial charge in [0.25, 0.3) is 0 Å². The number of rotatable bonds is 1. The van der Waals surface area contributed by atoms with Gasteiger partial charge in [-0.2, -0.15) is 0 Å². The molecule has 3 nitrogen and oxygen atoms in total. The zero-order chi connectivity index (χ0) is 16.3. The van der Waals surface area contributed by atoms with Gasteiger partial charge in [-0.05, 0) is 36.3 Å². The minimum atomic E-state index is -0.251. The Morgan fingerprint density at radius 2 is 1.91 bits per heavy atom. The van der Waals surface area contributed by atoms with Gasteiger partial charge in [-0.15, -0.1) is 0 Å². The van der Waals surface area contributed by atoms with Gasteiger partial charge in [-0.1, -0.05) is 41.0 Å². The zero-order valence-corrected chi connectivity index (χ0v) is 14.2. The zero-order valence-electron chi connectivity index (χ0n) is 14.2. The van der Waals surface area contributed by atoms with Crippen LogP contribution in [0.5, 0.6) is 11.5 Å². The average molecular weight is 302 g/mol. The predicted octanol–water partition coefficient (Wildman–Crippen LogP) is 4.52. The molecule has 120 valence electrons. The normalized spacial score (nSPS) is 29.7. The SMILES string of the molecule is CC(C)c1cc2c(cc1O)[C@@]1(C)CCCC(C)(C)[C@@H]1C(=O)O2. The van der Waals surface area contributed by atoms with Crippen LogP contribution in [0.25, 0.3) is 0 Å². The third kappa shape index (κ3) is 2.05. The van der Waals surface area contributed by atoms with Gasteiger partial charge in [0, 0.05) is 16.5 Å². The van der Waals surface area contributed by atoms with E-state index in [0.29, 0.717) is 11.5 Å². The number of phenols is 1. The predicted molar refractivity (Wildman–Crippen MR) is 86.3 cm³/mol. The van der Waals surface area contributed by atoms with Crippen LogP contribution in [-0.4, -0.2) is 11.1 Å². The molecule has 0 saturated heterocycles. The maximum atomic E-state index is 12.7. The van der Waals surface area contributed by atoms with Gasteiger partial charge in [0.15, 0.2) is 0 Å². The molecule has 0 aromatic heterocycles. The van der Waals surface area contributed by atoms with Gasteiger partial charge in [0.2, 0.25) is 0 Å². The Morgan fingerprint density at radius 3 is 2.55 bits per heavy atom. The second-order valence-corrected chi connectivity index (χ2v) is 8.18. The van der Waals surface area contributed by atoms with Gasteiger partial charge in [0.1, 0.15) is 11.5 Å². The van der Waals surface area contributed by atoms with Crippen molar-refractivity contribution >= 4 is 5.97 Å². The van der Waals surface area contributed by atoms with E-state index in [9.17, 15) is 9.90 Å². The quantitative estimate of drug-likeness (QED) is 0.613. The van der Waals surface area contributed by atoms with E-state index in [1.54, 1.807) is 0 Å². The molecular weight excluding hydrogens is 276 g/mol. The molecular formula is C19H26O3. The maximum absolute atomic E-state index is 12.7. The molecule has 0 bridgehead atoms. The van der Waals surface area contributed by atoms with Gasteiger partial charge < -0.3 is 9.84 Å². The molecule has 0 spiro atoms. The van der Waals surface area contributed by atoms with Crippen molar-refractivity contribution < 1.29 is 14.6 Å². The van der Waals surface area contributed by atoms with E-state index in [2.05, 4.69) is 20.8 Å². The van der Waals surface area contributed by atoms with Crippen LogP contribution in [0.2, 0.25) is 0 Å². The first kappa shape index (κ1) is 15.4. The highest BCUT2D eigenvalue weighted by Gasteiger charge is 2.55. The average Bonchev–Trinajstić information content (AvgIpc) is 2.37. The van der Waals surface area contributed by atoms with Crippen LogP contribution in [0, 0.1) is 11.3 Å². The minimum absolute atomic E-state index is 0.0753. The first-order valence-corrected chi connectivity index (χ1v) is 8.26. The van der Waals surface area contributed by atoms with Crippen LogP contribution in [0.3, 0.4) is 0 Å². The molecule has 0 amide bonds. The Hall–Kier alpha value is -1.51. The summed E-state index contributed by atoms with van der Waals surface area (Å²) in [6.07, 6.45) is 3.09. The van der Waals surface area contributed by atoms with Crippen LogP contribution < -0.4 is 4.74 Å². The lowest BCUT2D eigenvalue weighted by atomic mass is 9.53. The molecule has 0 unspecified atom stereocenters. The number of carbonyl (C=O) groups is 1. The van der Waals surface area contributed by atoms with Gasteiger partial charge in [0.05, 0.1) is 5.92 Å². The van der Waals surface area contributed by atoms with Crippen LogP contribution in [0.1, 0.15) is 70.9 Å². The third-order valence-corrected chi connectivity index (χ3v) is 5.75. The van der Waals surface area contributed by atoms with Gasteiger partial charge >= 0.3 is 5.97 Å². The summed E-state index contributed by atoms with van der Waals surface area (Å²) in [5, 5.41) is 10.4. The molecule has 3 heteroatoms. The van der Waals surface area contributed by atoms with Crippen molar-refractivity contribution in [1.29, 1.82) is 0 Å². The van der Waals surface area contributed by atoms with Crippen molar-refractivity contribution in [3.63, 3.8) is 0 Å². The summed E-state index contributed by atoms with van der Waals surface area (Å²) in [4.78, 5) is 12.7. The van der Waals surface area contributed by atoms with E-state index < -0.39 is 0 Å². The van der Waals surface area contributed by atoms with Crippen molar-refractivity contribution in [3.05, 3.63) is 23.3 Å². The highest BCUT2D eigenvalue weighted by molar-refractivity contribution is 5.82. The van der Waals surface area contributed by atoms with Crippen molar-refractivity contribution in [2.45, 2.75) is 65.2 Å². The topological polar surface area (TPSA) is 46.5 Å². The Bertz CT molecular complexity index is 630. The molecule has 0 radical (unpaired) electrons. The van der Waals surface area contributed by atoms with Crippen molar-refractivity contribution in [1.82, 2.24) is 0 Å². The Balaban J connectivity index is 2.19. The number of phenolic OH excluding ortho intramolecular Hbond substituents is 1. The lowest BCUT2D eigenvalue weighted by molar-refractivity contribution is -0.152. The van der Waals surface area contributed by atoms with Gasteiger partial charge in [-0.25, -0.2) is 0 Å². The maximum Gasteiger partial charge on any atom is 0.315 e. The van der Waals surface area contributed by atoms with Crippen LogP contribution in [0.4, 0.5) is 0 Å². The highest BCUT2D eigenvalue weighted by atomic mass is 16.5. The first-order valence-electron chi connectivity index (χ1n) is 8.26. The second-order valence-electron chi connectivity index (χ2n) is 8.18. The monoisotopic (exact) mass is 302 g/mol. The number of hydrogen-bond donors (Lipinski definition) is 1. The summed E-state index contributed by atoms with van der Waals surface area (Å²) in [5.41, 5.74) is 1.50. The van der Waals surface area contributed by atoms with E-state index in [1.807, 2.05) is 26.0 Å². The Labute approximate surface area is 132 Å². The number of fused-ring (bicyclic) bond motifs is 3. The molecule has 1 aromatic rings. The molecule has 1 N–H and O–H groups in total. The first-order chi connectivity index (χ1) is 10.2. The third-order valence-electron chi connectivity index (χ3n) is 5.75. The number of aromatic hydroxyl groups is 1. The number of esters is 1. The van der Waals surface area contributed by atoms with E-state index >= 15 is 0 Å². The number of carbonyl (C=O) groups excluding carboxylic acids is 1. The number of benzene rings is 1. The summed E-state index contributed by atoms with van der Waals surface area (Å²) in [5.74, 6) is 0.890. The fourth-order valence-corrected chi connectivity index (χ4v) is 4.68. The van der Waals surface area contributed by atoms with E-state index in [0.717, 1.165) is 30.4 Å². The minimum Gasteiger partial charge on any atom is -0.508 e. The Morgan fingerprint density at radius 1 is 1.23 bits per heavy atom. The molecule has 1 fully saturated rings. The van der Waals surface area contributed by atoms with Crippen molar-refractivity contribution in [2.75, 3.05) is 0 Å². The summed E-state index contributed by atoms with van der Waals surface area (Å²) < 4.78 is 5.70. The summed E-state index contributed by atoms with van der Waals surface area (Å²) in [6, 6.07) is 3.70. The molecule has 1 aliphatic heterocycles. The molecule has 3 rings (SSSR count). The second kappa shape index (κ2) is 4.74. The standard InChI is InChI=1S/C19H26O3/c1-11(2)12-9-15-13(10-14(12)20)19(5)8-6-7-18(3,4)16(19)17(21)22-15/h9-11,16,20H,6-8H2,1-5H3/t16-,19+/m0/s1. The van der Waals surface area contributed by atoms with Gasteiger partial charge in [-0.3, -0.25) is 4.79 Å². The fraction of sp³-hybridized carbons (Fsp3) is 0.632. The van der Waals surface area contributed by atoms with E-state index in [1.165, 1.54) is 0 Å². The summed E-state index contributed by atoms with van der Waals surface area (Å²) in [7, 11) is 0. The lowest BCUT2D eigenvalue weighted by Gasteiger charge is -2.52. The van der Waals surface area contributed by atoms with Crippen molar-refractivity contribution in [3.8, 4) is 11.5 Å².